The van der Waals surface area contributed by atoms with Gasteiger partial charge in [0.15, 0.2) is 11.5 Å². The van der Waals surface area contributed by atoms with Crippen molar-refractivity contribution in [3.63, 3.8) is 0 Å². The molecule has 1 rings (SSSR count). The molecule has 0 unspecified atom stereocenters. The molecule has 17 heavy (non-hydrogen) atoms. The quantitative estimate of drug-likeness (QED) is 0.875. The van der Waals surface area contributed by atoms with Gasteiger partial charge in [-0.05, 0) is 35.9 Å². The SMILES string of the molecule is CNCCc1c(OC)cc(OC)c(OC)c1Br. The number of benzene rings is 1. The van der Waals surface area contributed by atoms with Crippen LogP contribution in [0, 0.1) is 0 Å². The molecule has 0 fully saturated rings. The minimum Gasteiger partial charge on any atom is -0.496 e. The maximum Gasteiger partial charge on any atom is 0.175 e. The third-order valence-electron chi connectivity index (χ3n) is 2.52. The Bertz CT molecular complexity index is 383. The van der Waals surface area contributed by atoms with E-state index in [4.69, 9.17) is 14.2 Å². The molecule has 0 amide bonds. The summed E-state index contributed by atoms with van der Waals surface area (Å²) in [7, 11) is 6.80. The van der Waals surface area contributed by atoms with E-state index in [2.05, 4.69) is 21.2 Å². The maximum absolute atomic E-state index is 5.37. The Kier molecular flexibility index (Phi) is 5.58. The summed E-state index contributed by atoms with van der Waals surface area (Å²) in [5, 5.41) is 3.11. The molecule has 0 saturated heterocycles. The fraction of sp³-hybridized carbons (Fsp3) is 0.500. The summed E-state index contributed by atoms with van der Waals surface area (Å²) in [6, 6.07) is 1.84. The molecule has 0 atom stereocenters. The standard InChI is InChI=1S/C12H18BrNO3/c1-14-6-5-8-9(15-2)7-10(16-3)12(17-4)11(8)13/h7,14H,5-6H2,1-4H3. The average molecular weight is 304 g/mol. The van der Waals surface area contributed by atoms with Crippen LogP contribution in [0.3, 0.4) is 0 Å². The van der Waals surface area contributed by atoms with E-state index in [0.29, 0.717) is 11.5 Å². The summed E-state index contributed by atoms with van der Waals surface area (Å²) in [5.74, 6) is 2.15. The second-order valence-corrected chi connectivity index (χ2v) is 4.25. The highest BCUT2D eigenvalue weighted by molar-refractivity contribution is 9.10. The van der Waals surface area contributed by atoms with Crippen molar-refractivity contribution in [2.75, 3.05) is 34.9 Å². The lowest BCUT2D eigenvalue weighted by molar-refractivity contribution is 0.345. The largest absolute Gasteiger partial charge is 0.496 e. The first kappa shape index (κ1) is 14.1. The van der Waals surface area contributed by atoms with Crippen LogP contribution in [0.2, 0.25) is 0 Å². The van der Waals surface area contributed by atoms with Crippen LogP contribution in [-0.4, -0.2) is 34.9 Å². The molecule has 96 valence electrons. The second kappa shape index (κ2) is 6.71. The molecular weight excluding hydrogens is 286 g/mol. The van der Waals surface area contributed by atoms with Gasteiger partial charge in [0.1, 0.15) is 5.75 Å². The molecule has 4 nitrogen and oxygen atoms in total. The van der Waals surface area contributed by atoms with Crippen molar-refractivity contribution in [2.24, 2.45) is 0 Å². The van der Waals surface area contributed by atoms with E-state index >= 15 is 0 Å². The first-order valence-electron chi connectivity index (χ1n) is 5.31. The Hall–Kier alpha value is -0.940. The fourth-order valence-corrected chi connectivity index (χ4v) is 2.38. The van der Waals surface area contributed by atoms with Gasteiger partial charge in [0, 0.05) is 11.6 Å². The van der Waals surface area contributed by atoms with E-state index in [1.807, 2.05) is 13.1 Å². The maximum atomic E-state index is 5.37. The van der Waals surface area contributed by atoms with Gasteiger partial charge in [-0.3, -0.25) is 0 Å². The molecule has 0 saturated carbocycles. The van der Waals surface area contributed by atoms with E-state index in [1.165, 1.54) is 0 Å². The number of ether oxygens (including phenoxy) is 3. The van der Waals surface area contributed by atoms with Gasteiger partial charge in [-0.2, -0.15) is 0 Å². The predicted octanol–water partition coefficient (Wildman–Crippen LogP) is 2.24. The van der Waals surface area contributed by atoms with Crippen LogP contribution in [0.15, 0.2) is 10.5 Å². The van der Waals surface area contributed by atoms with Gasteiger partial charge in [-0.25, -0.2) is 0 Å². The van der Waals surface area contributed by atoms with Crippen LogP contribution in [0.5, 0.6) is 17.2 Å². The normalized spacial score (nSPS) is 10.2. The number of hydrogen-bond acceptors (Lipinski definition) is 4. The Morgan fingerprint density at radius 2 is 1.76 bits per heavy atom. The van der Waals surface area contributed by atoms with Crippen LogP contribution in [-0.2, 0) is 6.42 Å². The molecular formula is C12H18BrNO3. The number of halogens is 1. The number of hydrogen-bond donors (Lipinski definition) is 1. The van der Waals surface area contributed by atoms with Gasteiger partial charge in [0.25, 0.3) is 0 Å². The van der Waals surface area contributed by atoms with Crippen molar-refractivity contribution in [1.29, 1.82) is 0 Å². The molecule has 1 N–H and O–H groups in total. The zero-order valence-corrected chi connectivity index (χ0v) is 12.2. The molecule has 0 aliphatic heterocycles. The smallest absolute Gasteiger partial charge is 0.175 e. The van der Waals surface area contributed by atoms with Gasteiger partial charge in [-0.15, -0.1) is 0 Å². The van der Waals surface area contributed by atoms with E-state index in [1.54, 1.807) is 21.3 Å². The second-order valence-electron chi connectivity index (χ2n) is 3.46. The van der Waals surface area contributed by atoms with E-state index in [-0.39, 0.29) is 0 Å². The molecule has 0 aromatic heterocycles. The summed E-state index contributed by atoms with van der Waals surface area (Å²) in [4.78, 5) is 0. The van der Waals surface area contributed by atoms with Gasteiger partial charge in [0.2, 0.25) is 0 Å². The lowest BCUT2D eigenvalue weighted by Crippen LogP contribution is -2.11. The zero-order valence-electron chi connectivity index (χ0n) is 10.6. The number of methoxy groups -OCH3 is 3. The minimum absolute atomic E-state index is 0.657. The van der Waals surface area contributed by atoms with Crippen molar-refractivity contribution in [1.82, 2.24) is 5.32 Å². The predicted molar refractivity (Wildman–Crippen MR) is 71.4 cm³/mol. The highest BCUT2D eigenvalue weighted by atomic mass is 79.9. The summed E-state index contributed by atoms with van der Waals surface area (Å²) in [6.45, 7) is 0.866. The molecule has 0 heterocycles. The first-order chi connectivity index (χ1) is 8.19. The number of likely N-dealkylation sites (N-methyl/N-ethyl adjacent to an activating group) is 1. The topological polar surface area (TPSA) is 39.7 Å². The van der Waals surface area contributed by atoms with Crippen LogP contribution in [0.25, 0.3) is 0 Å². The van der Waals surface area contributed by atoms with E-state index in [0.717, 1.165) is 28.8 Å². The lowest BCUT2D eigenvalue weighted by atomic mass is 10.1. The summed E-state index contributed by atoms with van der Waals surface area (Å²) >= 11 is 3.54. The van der Waals surface area contributed by atoms with Gasteiger partial charge in [0.05, 0.1) is 25.8 Å². The molecule has 0 radical (unpaired) electrons. The van der Waals surface area contributed by atoms with Crippen molar-refractivity contribution in [3.8, 4) is 17.2 Å². The number of rotatable bonds is 6. The molecule has 0 aliphatic carbocycles. The summed E-state index contributed by atoms with van der Waals surface area (Å²) in [6.07, 6.45) is 0.848. The van der Waals surface area contributed by atoms with Crippen LogP contribution in [0.1, 0.15) is 5.56 Å². The van der Waals surface area contributed by atoms with Crippen molar-refractivity contribution in [2.45, 2.75) is 6.42 Å². The Morgan fingerprint density at radius 3 is 2.24 bits per heavy atom. The monoisotopic (exact) mass is 303 g/mol. The molecule has 0 bridgehead atoms. The zero-order chi connectivity index (χ0) is 12.8. The summed E-state index contributed by atoms with van der Waals surface area (Å²) in [5.41, 5.74) is 1.07. The molecule has 0 spiro atoms. The fourth-order valence-electron chi connectivity index (χ4n) is 1.63. The number of nitrogens with one attached hydrogen (secondary N) is 1. The van der Waals surface area contributed by atoms with Crippen molar-refractivity contribution in [3.05, 3.63) is 16.1 Å². The van der Waals surface area contributed by atoms with Gasteiger partial charge in [-0.1, -0.05) is 0 Å². The highest BCUT2D eigenvalue weighted by Gasteiger charge is 2.17. The Balaban J connectivity index is 3.25. The average Bonchev–Trinajstić information content (AvgIpc) is 2.36. The van der Waals surface area contributed by atoms with Crippen molar-refractivity contribution >= 4 is 15.9 Å². The van der Waals surface area contributed by atoms with Crippen LogP contribution in [0.4, 0.5) is 0 Å². The first-order valence-corrected chi connectivity index (χ1v) is 6.10. The summed E-state index contributed by atoms with van der Waals surface area (Å²) < 4.78 is 16.9. The molecule has 1 aromatic rings. The van der Waals surface area contributed by atoms with E-state index in [9.17, 15) is 0 Å². The van der Waals surface area contributed by atoms with Gasteiger partial charge >= 0.3 is 0 Å². The van der Waals surface area contributed by atoms with Crippen molar-refractivity contribution < 1.29 is 14.2 Å². The highest BCUT2D eigenvalue weighted by Crippen LogP contribution is 2.42. The minimum atomic E-state index is 0.657. The third-order valence-corrected chi connectivity index (χ3v) is 3.36. The van der Waals surface area contributed by atoms with Crippen LogP contribution < -0.4 is 19.5 Å². The molecule has 1 aromatic carbocycles. The molecule has 0 aliphatic rings. The lowest BCUT2D eigenvalue weighted by Gasteiger charge is -2.16. The third kappa shape index (κ3) is 3.04. The van der Waals surface area contributed by atoms with Crippen LogP contribution >= 0.6 is 15.9 Å². The molecule has 5 heteroatoms. The van der Waals surface area contributed by atoms with Gasteiger partial charge < -0.3 is 19.5 Å². The van der Waals surface area contributed by atoms with E-state index < -0.39 is 0 Å². The Labute approximate surface area is 110 Å². The Morgan fingerprint density at radius 1 is 1.12 bits per heavy atom.